The fourth-order valence-corrected chi connectivity index (χ4v) is 5.95. The van der Waals surface area contributed by atoms with Crippen LogP contribution in [0, 0.1) is 17.8 Å². The summed E-state index contributed by atoms with van der Waals surface area (Å²) in [5.41, 5.74) is 1.80. The normalized spacial score (nSPS) is 21.0. The van der Waals surface area contributed by atoms with Crippen molar-refractivity contribution in [2.45, 2.75) is 51.0 Å². The molecule has 2 heteroatoms. The van der Waals surface area contributed by atoms with E-state index in [2.05, 4.69) is 63.2 Å². The van der Waals surface area contributed by atoms with Gasteiger partial charge >= 0.3 is 0 Å². The molecule has 96 valence electrons. The molecule has 17 heavy (non-hydrogen) atoms. The number of terminal acetylenes is 1. The minimum Gasteiger partial charge on any atom is -0.139 e. The Kier molecular flexibility index (Phi) is 5.54. The van der Waals surface area contributed by atoms with Crippen molar-refractivity contribution in [3.05, 3.63) is 11.6 Å². The molecule has 0 aromatic heterocycles. The van der Waals surface area contributed by atoms with E-state index in [0.717, 1.165) is 12.8 Å². The first kappa shape index (κ1) is 15.1. The summed E-state index contributed by atoms with van der Waals surface area (Å²) < 4.78 is 0.250. The molecule has 0 spiro atoms. The first-order chi connectivity index (χ1) is 7.94. The predicted molar refractivity (Wildman–Crippen MR) is 83.5 cm³/mol. The Morgan fingerprint density at radius 2 is 1.94 bits per heavy atom. The molecule has 1 aliphatic heterocycles. The van der Waals surface area contributed by atoms with Crippen molar-refractivity contribution in [2.75, 3.05) is 11.5 Å². The second kappa shape index (κ2) is 6.25. The summed E-state index contributed by atoms with van der Waals surface area (Å²) in [4.78, 5) is 0. The number of hydrogen-bond acceptors (Lipinski definition) is 2. The van der Waals surface area contributed by atoms with E-state index in [9.17, 15) is 0 Å². The van der Waals surface area contributed by atoms with Crippen LogP contribution >= 0.6 is 23.5 Å². The molecule has 0 saturated carbocycles. The Bertz CT molecular complexity index is 309. The second-order valence-electron chi connectivity index (χ2n) is 5.55. The van der Waals surface area contributed by atoms with Gasteiger partial charge in [-0.05, 0) is 36.7 Å². The zero-order chi connectivity index (χ0) is 12.9. The monoisotopic (exact) mass is 268 g/mol. The van der Waals surface area contributed by atoms with Gasteiger partial charge < -0.3 is 0 Å². The van der Waals surface area contributed by atoms with Gasteiger partial charge in [-0.2, -0.15) is 0 Å². The van der Waals surface area contributed by atoms with Gasteiger partial charge in [0.25, 0.3) is 0 Å². The Morgan fingerprint density at radius 3 is 2.41 bits per heavy atom. The lowest BCUT2D eigenvalue weighted by Gasteiger charge is -2.47. The molecule has 0 atom stereocenters. The largest absolute Gasteiger partial charge is 0.139 e. The summed E-state index contributed by atoms with van der Waals surface area (Å²) in [6, 6.07) is 0. The molecule has 1 heterocycles. The fourth-order valence-electron chi connectivity index (χ4n) is 2.29. The van der Waals surface area contributed by atoms with Gasteiger partial charge in [-0.1, -0.05) is 32.4 Å². The van der Waals surface area contributed by atoms with Crippen LogP contribution in [0.25, 0.3) is 0 Å². The van der Waals surface area contributed by atoms with E-state index in [0.29, 0.717) is 5.41 Å². The quantitative estimate of drug-likeness (QED) is 0.403. The first-order valence-electron chi connectivity index (χ1n) is 6.32. The molecule has 0 radical (unpaired) electrons. The van der Waals surface area contributed by atoms with Crippen molar-refractivity contribution in [3.8, 4) is 12.3 Å². The maximum Gasteiger partial charge on any atom is 0.0865 e. The zero-order valence-corrected chi connectivity index (χ0v) is 13.1. The Balaban J connectivity index is 2.90. The highest BCUT2D eigenvalue weighted by Crippen LogP contribution is 2.57. The Morgan fingerprint density at radius 1 is 1.35 bits per heavy atom. The molecule has 0 aliphatic carbocycles. The lowest BCUT2D eigenvalue weighted by molar-refractivity contribution is 0.395. The molecular weight excluding hydrogens is 244 g/mol. The third-order valence-corrected chi connectivity index (χ3v) is 7.52. The van der Waals surface area contributed by atoms with E-state index in [1.165, 1.54) is 23.5 Å². The van der Waals surface area contributed by atoms with Gasteiger partial charge in [0.2, 0.25) is 0 Å². The number of rotatable bonds is 3. The van der Waals surface area contributed by atoms with Crippen LogP contribution < -0.4 is 0 Å². The van der Waals surface area contributed by atoms with Crippen molar-refractivity contribution < 1.29 is 0 Å². The van der Waals surface area contributed by atoms with Crippen LogP contribution in [0.2, 0.25) is 0 Å². The second-order valence-corrected chi connectivity index (χ2v) is 8.42. The molecule has 1 aliphatic rings. The molecule has 1 fully saturated rings. The minimum atomic E-state index is 0.250. The summed E-state index contributed by atoms with van der Waals surface area (Å²) in [5.74, 6) is 5.28. The maximum absolute atomic E-state index is 5.32. The van der Waals surface area contributed by atoms with Gasteiger partial charge in [0, 0.05) is 6.42 Å². The summed E-state index contributed by atoms with van der Waals surface area (Å²) >= 11 is 4.25. The summed E-state index contributed by atoms with van der Waals surface area (Å²) in [5, 5.41) is 0. The lowest BCUT2D eigenvalue weighted by Crippen LogP contribution is -2.40. The van der Waals surface area contributed by atoms with Crippen LogP contribution in [-0.2, 0) is 0 Å². The molecule has 0 N–H and O–H groups in total. The smallest absolute Gasteiger partial charge is 0.0865 e. The number of thioether (sulfide) groups is 2. The van der Waals surface area contributed by atoms with Crippen molar-refractivity contribution in [3.63, 3.8) is 0 Å². The fraction of sp³-hybridized carbons (Fsp3) is 0.733. The molecular formula is C15H24S2. The van der Waals surface area contributed by atoms with Crippen LogP contribution in [0.3, 0.4) is 0 Å². The number of allylic oxidation sites excluding steroid dienone is 1. The average Bonchev–Trinajstić information content (AvgIpc) is 2.28. The topological polar surface area (TPSA) is 0 Å². The summed E-state index contributed by atoms with van der Waals surface area (Å²) in [7, 11) is 0. The molecule has 0 bridgehead atoms. The maximum atomic E-state index is 5.32. The van der Waals surface area contributed by atoms with Gasteiger partial charge in [-0.3, -0.25) is 0 Å². The van der Waals surface area contributed by atoms with Crippen molar-refractivity contribution in [1.82, 2.24) is 0 Å². The van der Waals surface area contributed by atoms with Gasteiger partial charge in [0.1, 0.15) is 0 Å². The van der Waals surface area contributed by atoms with Crippen LogP contribution in [-0.4, -0.2) is 15.6 Å². The van der Waals surface area contributed by atoms with Crippen LogP contribution in [0.1, 0.15) is 47.0 Å². The highest BCUT2D eigenvalue weighted by molar-refractivity contribution is 8.19. The van der Waals surface area contributed by atoms with Crippen LogP contribution in [0.15, 0.2) is 11.6 Å². The highest BCUT2D eigenvalue weighted by Gasteiger charge is 2.45. The first-order valence-corrected chi connectivity index (χ1v) is 8.30. The van der Waals surface area contributed by atoms with Gasteiger partial charge in [-0.15, -0.1) is 35.9 Å². The highest BCUT2D eigenvalue weighted by atomic mass is 32.2. The summed E-state index contributed by atoms with van der Waals surface area (Å²) in [6.45, 7) is 9.36. The zero-order valence-electron chi connectivity index (χ0n) is 11.5. The predicted octanol–water partition coefficient (Wildman–Crippen LogP) is 4.96. The molecule has 0 aromatic rings. The molecule has 0 nitrogen and oxygen atoms in total. The van der Waals surface area contributed by atoms with Crippen molar-refractivity contribution in [1.29, 1.82) is 0 Å². The standard InChI is InChI=1S/C15H24S2/c1-6-7-8-10-13(2)15(14(3,4)5)16-11-9-12-17-15/h1,10H,7-9,11-12H2,2-5H3/b13-10-. The van der Waals surface area contributed by atoms with E-state index in [4.69, 9.17) is 6.42 Å². The van der Waals surface area contributed by atoms with E-state index >= 15 is 0 Å². The van der Waals surface area contributed by atoms with Crippen molar-refractivity contribution >= 4 is 23.5 Å². The molecule has 0 amide bonds. The molecule has 1 saturated heterocycles. The van der Waals surface area contributed by atoms with Gasteiger partial charge in [-0.25, -0.2) is 0 Å². The SMILES string of the molecule is C#CCC/C=C(/C)C1(C(C)(C)C)SCCCS1. The summed E-state index contributed by atoms with van der Waals surface area (Å²) in [6.07, 6.45) is 10.9. The number of hydrogen-bond donors (Lipinski definition) is 0. The molecule has 0 aromatic carbocycles. The number of unbranched alkanes of at least 4 members (excludes halogenated alkanes) is 1. The molecule has 1 rings (SSSR count). The Hall–Kier alpha value is -0.000000000000000111. The van der Waals surface area contributed by atoms with Crippen LogP contribution in [0.4, 0.5) is 0 Å². The van der Waals surface area contributed by atoms with E-state index < -0.39 is 0 Å². The third kappa shape index (κ3) is 3.48. The third-order valence-electron chi connectivity index (χ3n) is 3.15. The minimum absolute atomic E-state index is 0.250. The van der Waals surface area contributed by atoms with Crippen molar-refractivity contribution in [2.24, 2.45) is 5.41 Å². The lowest BCUT2D eigenvalue weighted by atomic mass is 9.86. The van der Waals surface area contributed by atoms with E-state index in [-0.39, 0.29) is 4.08 Å². The van der Waals surface area contributed by atoms with Gasteiger partial charge in [0.15, 0.2) is 0 Å². The Labute approximate surface area is 115 Å². The van der Waals surface area contributed by atoms with Gasteiger partial charge in [0.05, 0.1) is 4.08 Å². The van der Waals surface area contributed by atoms with E-state index in [1.54, 1.807) is 0 Å². The molecule has 0 unspecified atom stereocenters. The average molecular weight is 268 g/mol. The van der Waals surface area contributed by atoms with E-state index in [1.807, 2.05) is 0 Å². The van der Waals surface area contributed by atoms with Crippen LogP contribution in [0.5, 0.6) is 0 Å².